The number of nitrogens with one attached hydrogen (secondary N) is 1. The van der Waals surface area contributed by atoms with E-state index >= 15 is 0 Å². The van der Waals surface area contributed by atoms with Crippen LogP contribution in [0.2, 0.25) is 5.02 Å². The maximum Gasteiger partial charge on any atom is 0.0815 e. The van der Waals surface area contributed by atoms with Crippen molar-refractivity contribution in [3.8, 4) is 0 Å². The summed E-state index contributed by atoms with van der Waals surface area (Å²) in [5, 5.41) is 8.61. The van der Waals surface area contributed by atoms with Crippen molar-refractivity contribution in [3.63, 3.8) is 0 Å². The minimum Gasteiger partial charge on any atom is -0.317 e. The molecule has 78 valence electrons. The summed E-state index contributed by atoms with van der Waals surface area (Å²) in [6.07, 6.45) is 5.52. The molecular formula is C10H16ClN3. The summed E-state index contributed by atoms with van der Waals surface area (Å²) in [7, 11) is 0. The SMILES string of the molecule is Cc1nn(C2CCCNCC2)cc1Cl. The van der Waals surface area contributed by atoms with Gasteiger partial charge in [0.1, 0.15) is 0 Å². The molecule has 3 nitrogen and oxygen atoms in total. The van der Waals surface area contributed by atoms with E-state index in [1.807, 2.05) is 17.8 Å². The van der Waals surface area contributed by atoms with Crippen molar-refractivity contribution in [2.24, 2.45) is 0 Å². The molecule has 0 spiro atoms. The van der Waals surface area contributed by atoms with E-state index < -0.39 is 0 Å². The second-order valence-electron chi connectivity index (χ2n) is 3.88. The van der Waals surface area contributed by atoms with Crippen LogP contribution in [0.5, 0.6) is 0 Å². The minimum absolute atomic E-state index is 0.524. The van der Waals surface area contributed by atoms with Crippen LogP contribution in [0.4, 0.5) is 0 Å². The largest absolute Gasteiger partial charge is 0.317 e. The Balaban J connectivity index is 2.12. The summed E-state index contributed by atoms with van der Waals surface area (Å²) in [5.41, 5.74) is 0.934. The van der Waals surface area contributed by atoms with Crippen molar-refractivity contribution < 1.29 is 0 Å². The highest BCUT2D eigenvalue weighted by atomic mass is 35.5. The van der Waals surface area contributed by atoms with Crippen molar-refractivity contribution >= 4 is 11.6 Å². The van der Waals surface area contributed by atoms with E-state index in [9.17, 15) is 0 Å². The van der Waals surface area contributed by atoms with Gasteiger partial charge in [0.05, 0.1) is 16.8 Å². The summed E-state index contributed by atoms with van der Waals surface area (Å²) in [5.74, 6) is 0. The fraction of sp³-hybridized carbons (Fsp3) is 0.700. The zero-order valence-corrected chi connectivity index (χ0v) is 9.22. The molecule has 1 saturated heterocycles. The highest BCUT2D eigenvalue weighted by molar-refractivity contribution is 6.31. The first-order chi connectivity index (χ1) is 6.77. The van der Waals surface area contributed by atoms with Gasteiger partial charge in [-0.05, 0) is 39.3 Å². The van der Waals surface area contributed by atoms with Gasteiger partial charge < -0.3 is 5.32 Å². The lowest BCUT2D eigenvalue weighted by Gasteiger charge is -2.13. The van der Waals surface area contributed by atoms with Gasteiger partial charge >= 0.3 is 0 Å². The maximum atomic E-state index is 5.99. The maximum absolute atomic E-state index is 5.99. The number of nitrogens with zero attached hydrogens (tertiary/aromatic N) is 2. The Morgan fingerprint density at radius 2 is 2.36 bits per heavy atom. The van der Waals surface area contributed by atoms with E-state index in [-0.39, 0.29) is 0 Å². The smallest absolute Gasteiger partial charge is 0.0815 e. The molecule has 0 amide bonds. The predicted molar refractivity (Wildman–Crippen MR) is 57.7 cm³/mol. The van der Waals surface area contributed by atoms with Gasteiger partial charge in [-0.1, -0.05) is 11.6 Å². The number of halogens is 1. The first-order valence-electron chi connectivity index (χ1n) is 5.19. The molecule has 4 heteroatoms. The zero-order valence-electron chi connectivity index (χ0n) is 8.46. The normalized spacial score (nSPS) is 23.4. The minimum atomic E-state index is 0.524. The molecule has 2 rings (SSSR count). The lowest BCUT2D eigenvalue weighted by Crippen LogP contribution is -2.15. The van der Waals surface area contributed by atoms with E-state index in [1.54, 1.807) is 0 Å². The third-order valence-corrected chi connectivity index (χ3v) is 3.15. The summed E-state index contributed by atoms with van der Waals surface area (Å²) >= 11 is 5.99. The molecule has 2 heterocycles. The molecule has 1 aromatic heterocycles. The molecule has 14 heavy (non-hydrogen) atoms. The lowest BCUT2D eigenvalue weighted by atomic mass is 10.1. The Morgan fingerprint density at radius 1 is 1.50 bits per heavy atom. The van der Waals surface area contributed by atoms with Crippen LogP contribution in [0.1, 0.15) is 31.0 Å². The highest BCUT2D eigenvalue weighted by Crippen LogP contribution is 2.22. The van der Waals surface area contributed by atoms with Crippen molar-refractivity contribution in [1.29, 1.82) is 0 Å². The van der Waals surface area contributed by atoms with Crippen molar-refractivity contribution in [2.45, 2.75) is 32.2 Å². The second kappa shape index (κ2) is 4.32. The van der Waals surface area contributed by atoms with Crippen molar-refractivity contribution in [1.82, 2.24) is 15.1 Å². The van der Waals surface area contributed by atoms with Gasteiger partial charge in [0.15, 0.2) is 0 Å². The van der Waals surface area contributed by atoms with Crippen LogP contribution in [-0.4, -0.2) is 22.9 Å². The Kier molecular flexibility index (Phi) is 3.08. The first-order valence-corrected chi connectivity index (χ1v) is 5.57. The van der Waals surface area contributed by atoms with Crippen LogP contribution in [0.3, 0.4) is 0 Å². The molecule has 0 bridgehead atoms. The first kappa shape index (κ1) is 9.99. The standard InChI is InChI=1S/C10H16ClN3/c1-8-10(11)7-14(13-8)9-3-2-5-12-6-4-9/h7,9,12H,2-6H2,1H3. The van der Waals surface area contributed by atoms with Gasteiger partial charge in [-0.15, -0.1) is 0 Å². The van der Waals surface area contributed by atoms with Gasteiger partial charge in [0.25, 0.3) is 0 Å². The third kappa shape index (κ3) is 2.10. The fourth-order valence-corrected chi connectivity index (χ4v) is 2.05. The van der Waals surface area contributed by atoms with E-state index in [2.05, 4.69) is 10.4 Å². The molecule has 1 aliphatic heterocycles. The Bertz CT molecular complexity index is 281. The van der Waals surface area contributed by atoms with Gasteiger partial charge in [-0.25, -0.2) is 0 Å². The van der Waals surface area contributed by atoms with Crippen LogP contribution < -0.4 is 5.32 Å². The zero-order chi connectivity index (χ0) is 9.97. The Hall–Kier alpha value is -0.540. The summed E-state index contributed by atoms with van der Waals surface area (Å²) in [6, 6.07) is 0.524. The number of aryl methyl sites for hydroxylation is 1. The molecule has 0 saturated carbocycles. The summed E-state index contributed by atoms with van der Waals surface area (Å²) in [4.78, 5) is 0. The number of hydrogen-bond donors (Lipinski definition) is 1. The topological polar surface area (TPSA) is 29.9 Å². The summed E-state index contributed by atoms with van der Waals surface area (Å²) < 4.78 is 2.03. The molecule has 1 aromatic rings. The molecule has 0 radical (unpaired) electrons. The van der Waals surface area contributed by atoms with E-state index in [4.69, 9.17) is 11.6 Å². The van der Waals surface area contributed by atoms with E-state index in [1.165, 1.54) is 12.8 Å². The molecular weight excluding hydrogens is 198 g/mol. The van der Waals surface area contributed by atoms with Gasteiger partial charge in [-0.2, -0.15) is 5.10 Å². The molecule has 1 N–H and O–H groups in total. The Labute approximate surface area is 89.4 Å². The molecule has 1 fully saturated rings. The van der Waals surface area contributed by atoms with Crippen LogP contribution in [0.25, 0.3) is 0 Å². The number of rotatable bonds is 1. The molecule has 1 aliphatic rings. The van der Waals surface area contributed by atoms with Crippen LogP contribution in [0, 0.1) is 6.92 Å². The van der Waals surface area contributed by atoms with Crippen LogP contribution in [-0.2, 0) is 0 Å². The van der Waals surface area contributed by atoms with E-state index in [0.717, 1.165) is 30.2 Å². The Morgan fingerprint density at radius 3 is 3.07 bits per heavy atom. The monoisotopic (exact) mass is 213 g/mol. The third-order valence-electron chi connectivity index (χ3n) is 2.78. The molecule has 0 aromatic carbocycles. The molecule has 1 atom stereocenters. The van der Waals surface area contributed by atoms with Crippen LogP contribution >= 0.6 is 11.6 Å². The number of aromatic nitrogens is 2. The van der Waals surface area contributed by atoms with Crippen LogP contribution in [0.15, 0.2) is 6.20 Å². The highest BCUT2D eigenvalue weighted by Gasteiger charge is 2.15. The van der Waals surface area contributed by atoms with Gasteiger partial charge in [0.2, 0.25) is 0 Å². The molecule has 1 unspecified atom stereocenters. The average Bonchev–Trinajstić information content (AvgIpc) is 2.46. The average molecular weight is 214 g/mol. The number of hydrogen-bond acceptors (Lipinski definition) is 2. The summed E-state index contributed by atoms with van der Waals surface area (Å²) in [6.45, 7) is 4.17. The van der Waals surface area contributed by atoms with Crippen molar-refractivity contribution in [2.75, 3.05) is 13.1 Å². The van der Waals surface area contributed by atoms with Crippen molar-refractivity contribution in [3.05, 3.63) is 16.9 Å². The van der Waals surface area contributed by atoms with Gasteiger partial charge in [0, 0.05) is 6.20 Å². The lowest BCUT2D eigenvalue weighted by molar-refractivity contribution is 0.413. The second-order valence-corrected chi connectivity index (χ2v) is 4.28. The fourth-order valence-electron chi connectivity index (χ4n) is 1.91. The van der Waals surface area contributed by atoms with Gasteiger partial charge in [-0.3, -0.25) is 4.68 Å². The molecule has 0 aliphatic carbocycles. The van der Waals surface area contributed by atoms with E-state index in [0.29, 0.717) is 6.04 Å². The quantitative estimate of drug-likeness (QED) is 0.775. The predicted octanol–water partition coefficient (Wildman–Crippen LogP) is 2.16.